The molecular weight excluding hydrogens is 436 g/mol. The van der Waals surface area contributed by atoms with Gasteiger partial charge >= 0.3 is 5.69 Å². The Labute approximate surface area is 189 Å². The highest BCUT2D eigenvalue weighted by Crippen LogP contribution is 2.33. The molecule has 1 atom stereocenters. The van der Waals surface area contributed by atoms with E-state index >= 15 is 0 Å². The van der Waals surface area contributed by atoms with Crippen molar-refractivity contribution in [3.05, 3.63) is 45.3 Å². The maximum atomic E-state index is 12.9. The Morgan fingerprint density at radius 1 is 1.16 bits per heavy atom. The average Bonchev–Trinajstić information content (AvgIpc) is 2.99. The molecule has 0 bridgehead atoms. The molecule has 1 N–H and O–H groups in total. The van der Waals surface area contributed by atoms with Crippen LogP contribution in [0.2, 0.25) is 0 Å². The Hall–Kier alpha value is -2.66. The van der Waals surface area contributed by atoms with Crippen LogP contribution >= 0.6 is 0 Å². The summed E-state index contributed by atoms with van der Waals surface area (Å²) in [6.07, 6.45) is 0. The molecule has 1 heterocycles. The van der Waals surface area contributed by atoms with Gasteiger partial charge in [-0.2, -0.15) is 5.10 Å². The number of nitrogens with one attached hydrogen (secondary N) is 1. The molecule has 1 aromatic carbocycles. The second-order valence-corrected chi connectivity index (χ2v) is 9.60. The van der Waals surface area contributed by atoms with Gasteiger partial charge in [0.25, 0.3) is 0 Å². The summed E-state index contributed by atoms with van der Waals surface area (Å²) in [5, 5.41) is 15.3. The zero-order valence-corrected chi connectivity index (χ0v) is 20.2. The molecule has 0 spiro atoms. The Morgan fingerprint density at radius 2 is 1.78 bits per heavy atom. The third kappa shape index (κ3) is 6.19. The Bertz CT molecular complexity index is 1050. The van der Waals surface area contributed by atoms with Crippen LogP contribution in [-0.2, 0) is 16.6 Å². The molecule has 0 aliphatic carbocycles. The van der Waals surface area contributed by atoms with Gasteiger partial charge < -0.3 is 9.47 Å². The van der Waals surface area contributed by atoms with Crippen molar-refractivity contribution >= 4 is 15.7 Å². The van der Waals surface area contributed by atoms with Crippen LogP contribution in [-0.4, -0.2) is 42.1 Å². The van der Waals surface area contributed by atoms with E-state index in [0.29, 0.717) is 30.4 Å². The van der Waals surface area contributed by atoms with Gasteiger partial charge in [-0.15, -0.1) is 0 Å². The van der Waals surface area contributed by atoms with E-state index in [2.05, 4.69) is 9.82 Å². The molecule has 2 rings (SSSR count). The van der Waals surface area contributed by atoms with E-state index in [0.717, 1.165) is 5.56 Å². The predicted molar refractivity (Wildman–Crippen MR) is 122 cm³/mol. The summed E-state index contributed by atoms with van der Waals surface area (Å²) < 4.78 is 41.1. The van der Waals surface area contributed by atoms with Crippen LogP contribution < -0.4 is 14.2 Å². The maximum absolute atomic E-state index is 12.9. The number of nitrogens with zero attached hydrogens (tertiary/aromatic N) is 3. The molecule has 10 nitrogen and oxygen atoms in total. The first-order valence-electron chi connectivity index (χ1n) is 10.6. The molecule has 0 aliphatic rings. The molecule has 0 saturated heterocycles. The zero-order chi connectivity index (χ0) is 24.1. The minimum absolute atomic E-state index is 0.00807. The first-order chi connectivity index (χ1) is 15.0. The number of benzene rings is 1. The second-order valence-electron chi connectivity index (χ2n) is 7.73. The van der Waals surface area contributed by atoms with Crippen molar-refractivity contribution in [3.8, 4) is 11.5 Å². The molecule has 1 aromatic heterocycles. The van der Waals surface area contributed by atoms with Gasteiger partial charge in [0.2, 0.25) is 10.0 Å². The molecule has 0 saturated carbocycles. The van der Waals surface area contributed by atoms with Gasteiger partial charge in [0.1, 0.15) is 11.4 Å². The molecule has 0 aliphatic heterocycles. The normalized spacial score (nSPS) is 12.7. The molecule has 0 amide bonds. The number of sulfonamides is 1. The van der Waals surface area contributed by atoms with Crippen LogP contribution in [0.25, 0.3) is 0 Å². The highest BCUT2D eigenvalue weighted by atomic mass is 32.2. The number of aromatic nitrogens is 2. The van der Waals surface area contributed by atoms with Crippen molar-refractivity contribution in [2.75, 3.05) is 19.0 Å². The van der Waals surface area contributed by atoms with Crippen molar-refractivity contribution in [1.82, 2.24) is 14.5 Å². The third-order valence-corrected chi connectivity index (χ3v) is 6.33. The highest BCUT2D eigenvalue weighted by Gasteiger charge is 2.26. The number of nitro groups is 1. The van der Waals surface area contributed by atoms with Crippen molar-refractivity contribution < 1.29 is 22.8 Å². The van der Waals surface area contributed by atoms with Gasteiger partial charge in [-0.3, -0.25) is 14.8 Å². The van der Waals surface area contributed by atoms with Gasteiger partial charge in [-0.25, -0.2) is 13.1 Å². The SMILES string of the molecule is CCOc1ccc(C(NS(=O)(=O)CCn2nc(C)c([N+](=O)[O-])c2C)C(C)C)cc1OCC. The minimum Gasteiger partial charge on any atom is -0.490 e. The molecular formula is C21H32N4O6S. The van der Waals surface area contributed by atoms with Crippen molar-refractivity contribution in [3.63, 3.8) is 0 Å². The van der Waals surface area contributed by atoms with E-state index in [9.17, 15) is 18.5 Å². The summed E-state index contributed by atoms with van der Waals surface area (Å²) in [5.74, 6) is 0.873. The fourth-order valence-electron chi connectivity index (χ4n) is 3.48. The predicted octanol–water partition coefficient (Wildman–Crippen LogP) is 3.52. The van der Waals surface area contributed by atoms with Gasteiger partial charge in [-0.1, -0.05) is 19.9 Å². The van der Waals surface area contributed by atoms with Crippen LogP contribution in [0.4, 0.5) is 5.69 Å². The van der Waals surface area contributed by atoms with E-state index in [1.54, 1.807) is 19.1 Å². The highest BCUT2D eigenvalue weighted by molar-refractivity contribution is 7.89. The standard InChI is InChI=1S/C21H32N4O6S/c1-7-30-18-10-9-17(13-19(18)31-8-2)20(14(3)4)23-32(28,29)12-11-24-16(6)21(25(26)27)15(5)22-24/h9-10,13-14,20,23H,7-8,11-12H2,1-6H3. The van der Waals surface area contributed by atoms with E-state index in [4.69, 9.17) is 9.47 Å². The molecule has 0 fully saturated rings. The average molecular weight is 469 g/mol. The quantitative estimate of drug-likeness (QED) is 0.373. The van der Waals surface area contributed by atoms with E-state index in [-0.39, 0.29) is 29.6 Å². The summed E-state index contributed by atoms with van der Waals surface area (Å²) in [7, 11) is -3.71. The number of aryl methyl sites for hydroxylation is 2. The third-order valence-electron chi connectivity index (χ3n) is 5.00. The molecule has 178 valence electrons. The topological polar surface area (TPSA) is 126 Å². The largest absolute Gasteiger partial charge is 0.490 e. The number of hydrogen-bond donors (Lipinski definition) is 1. The monoisotopic (exact) mass is 468 g/mol. The fourth-order valence-corrected chi connectivity index (χ4v) is 4.80. The first kappa shape index (κ1) is 25.6. The van der Waals surface area contributed by atoms with Crippen LogP contribution in [0.1, 0.15) is 50.7 Å². The lowest BCUT2D eigenvalue weighted by Crippen LogP contribution is -2.34. The zero-order valence-electron chi connectivity index (χ0n) is 19.4. The molecule has 2 aromatic rings. The first-order valence-corrected chi connectivity index (χ1v) is 12.2. The summed E-state index contributed by atoms with van der Waals surface area (Å²) >= 11 is 0. The second kappa shape index (κ2) is 10.8. The van der Waals surface area contributed by atoms with Crippen LogP contribution in [0.5, 0.6) is 11.5 Å². The van der Waals surface area contributed by atoms with Crippen LogP contribution in [0, 0.1) is 29.9 Å². The van der Waals surface area contributed by atoms with Crippen molar-refractivity contribution in [2.45, 2.75) is 54.1 Å². The Balaban J connectivity index is 2.23. The molecule has 1 unspecified atom stereocenters. The minimum atomic E-state index is -3.71. The van der Waals surface area contributed by atoms with Gasteiger partial charge in [-0.05, 0) is 51.3 Å². The molecule has 11 heteroatoms. The summed E-state index contributed by atoms with van der Waals surface area (Å²) in [6, 6.07) is 4.92. The molecule has 0 radical (unpaired) electrons. The van der Waals surface area contributed by atoms with E-state index in [1.807, 2.05) is 33.8 Å². The molecule has 32 heavy (non-hydrogen) atoms. The van der Waals surface area contributed by atoms with E-state index < -0.39 is 21.0 Å². The van der Waals surface area contributed by atoms with Gasteiger partial charge in [0.05, 0.1) is 30.4 Å². The lowest BCUT2D eigenvalue weighted by molar-refractivity contribution is -0.386. The van der Waals surface area contributed by atoms with Crippen LogP contribution in [0.3, 0.4) is 0 Å². The summed E-state index contributed by atoms with van der Waals surface area (Å²) in [4.78, 5) is 10.7. The number of rotatable bonds is 12. The Morgan fingerprint density at radius 3 is 2.31 bits per heavy atom. The summed E-state index contributed by atoms with van der Waals surface area (Å²) in [6.45, 7) is 11.6. The van der Waals surface area contributed by atoms with Crippen LogP contribution in [0.15, 0.2) is 18.2 Å². The van der Waals surface area contributed by atoms with Crippen molar-refractivity contribution in [1.29, 1.82) is 0 Å². The van der Waals surface area contributed by atoms with Crippen molar-refractivity contribution in [2.24, 2.45) is 5.92 Å². The lowest BCUT2D eigenvalue weighted by Gasteiger charge is -2.24. The van der Waals surface area contributed by atoms with Gasteiger partial charge in [0, 0.05) is 6.04 Å². The summed E-state index contributed by atoms with van der Waals surface area (Å²) in [5.41, 5.74) is 1.26. The number of ether oxygens (including phenoxy) is 2. The number of hydrogen-bond acceptors (Lipinski definition) is 7. The Kier molecular flexibility index (Phi) is 8.62. The van der Waals surface area contributed by atoms with Gasteiger partial charge in [0.15, 0.2) is 11.5 Å². The fraction of sp³-hybridized carbons (Fsp3) is 0.571. The van der Waals surface area contributed by atoms with E-state index in [1.165, 1.54) is 11.6 Å². The lowest BCUT2D eigenvalue weighted by atomic mass is 9.97. The smallest absolute Gasteiger partial charge is 0.312 e. The maximum Gasteiger partial charge on any atom is 0.312 e.